The molecule has 0 unspecified atom stereocenters. The Morgan fingerprint density at radius 1 is 1.15 bits per heavy atom. The highest BCUT2D eigenvalue weighted by molar-refractivity contribution is 7.12. The number of benzene rings is 2. The van der Waals surface area contributed by atoms with Crippen LogP contribution in [-0.2, 0) is 10.3 Å². The minimum atomic E-state index is -0.851. The molecule has 170 valence electrons. The Bertz CT molecular complexity index is 1290. The molecule has 0 bridgehead atoms. The van der Waals surface area contributed by atoms with Crippen molar-refractivity contribution in [2.45, 2.75) is 33.2 Å². The second-order valence-electron chi connectivity index (χ2n) is 9.64. The largest absolute Gasteiger partial charge is 0.493 e. The van der Waals surface area contributed by atoms with Gasteiger partial charge >= 0.3 is 0 Å². The lowest BCUT2D eigenvalue weighted by Gasteiger charge is -2.34. The zero-order valence-electron chi connectivity index (χ0n) is 19.1. The van der Waals surface area contributed by atoms with Crippen molar-refractivity contribution in [3.05, 3.63) is 63.8 Å². The molecule has 2 aromatic carbocycles. The molecular weight excluding hydrogens is 436 g/mol. The second kappa shape index (κ2) is 7.63. The first kappa shape index (κ1) is 21.5. The van der Waals surface area contributed by atoms with Gasteiger partial charge in [-0.1, -0.05) is 26.8 Å². The molecule has 3 heterocycles. The molecule has 2 aliphatic rings. The molecule has 0 radical (unpaired) electrons. The van der Waals surface area contributed by atoms with E-state index in [0.29, 0.717) is 18.1 Å². The maximum atomic E-state index is 12.1. The summed E-state index contributed by atoms with van der Waals surface area (Å²) in [5.74, 6) is 2.17. The molecule has 0 aliphatic carbocycles. The number of ketones is 1. The van der Waals surface area contributed by atoms with Crippen LogP contribution in [0, 0.1) is 5.41 Å². The Morgan fingerprint density at radius 3 is 2.55 bits per heavy atom. The number of carbonyl (C=O) groups excluding carboxylic acids is 1. The average Bonchev–Trinajstić information content (AvgIpc) is 3.40. The third kappa shape index (κ3) is 3.76. The van der Waals surface area contributed by atoms with Gasteiger partial charge in [0.1, 0.15) is 23.9 Å². The molecule has 0 saturated carbocycles. The minimum Gasteiger partial charge on any atom is -0.493 e. The molecule has 6 nitrogen and oxygen atoms in total. The number of carbonyl (C=O) groups is 1. The van der Waals surface area contributed by atoms with Crippen LogP contribution in [-0.4, -0.2) is 25.0 Å². The van der Waals surface area contributed by atoms with E-state index in [9.17, 15) is 4.79 Å². The van der Waals surface area contributed by atoms with Crippen LogP contribution in [0.5, 0.6) is 17.2 Å². The number of nitrogens with two attached hydrogens (primary N) is 1. The van der Waals surface area contributed by atoms with Gasteiger partial charge in [-0.3, -0.25) is 4.79 Å². The van der Waals surface area contributed by atoms with Crippen molar-refractivity contribution in [3.8, 4) is 28.4 Å². The van der Waals surface area contributed by atoms with Crippen molar-refractivity contribution in [1.29, 1.82) is 0 Å². The van der Waals surface area contributed by atoms with Gasteiger partial charge in [0, 0.05) is 16.7 Å². The van der Waals surface area contributed by atoms with Crippen LogP contribution in [0.1, 0.15) is 48.5 Å². The molecule has 2 aliphatic heterocycles. The quantitative estimate of drug-likeness (QED) is 0.500. The van der Waals surface area contributed by atoms with Crippen molar-refractivity contribution < 1.29 is 19.0 Å². The van der Waals surface area contributed by atoms with Gasteiger partial charge in [-0.15, -0.1) is 11.3 Å². The summed E-state index contributed by atoms with van der Waals surface area (Å²) in [7, 11) is 0. The third-order valence-corrected chi connectivity index (χ3v) is 6.75. The smallest absolute Gasteiger partial charge is 0.283 e. The summed E-state index contributed by atoms with van der Waals surface area (Å²) < 4.78 is 18.0. The maximum Gasteiger partial charge on any atom is 0.283 e. The lowest BCUT2D eigenvalue weighted by Crippen LogP contribution is -2.31. The highest BCUT2D eigenvalue weighted by atomic mass is 32.1. The molecule has 1 aromatic heterocycles. The van der Waals surface area contributed by atoms with E-state index in [1.165, 1.54) is 11.3 Å². The van der Waals surface area contributed by atoms with E-state index >= 15 is 0 Å². The first-order chi connectivity index (χ1) is 15.7. The summed E-state index contributed by atoms with van der Waals surface area (Å²) in [5, 5.41) is 1.93. The molecule has 3 aromatic rings. The summed E-state index contributed by atoms with van der Waals surface area (Å²) in [6, 6.07) is 13.8. The van der Waals surface area contributed by atoms with Crippen molar-refractivity contribution in [2.75, 3.05) is 13.2 Å². The van der Waals surface area contributed by atoms with E-state index in [-0.39, 0.29) is 23.8 Å². The fourth-order valence-corrected chi connectivity index (χ4v) is 5.02. The Balaban J connectivity index is 1.64. The minimum absolute atomic E-state index is 0.0274. The average molecular weight is 463 g/mol. The van der Waals surface area contributed by atoms with E-state index in [0.717, 1.165) is 32.9 Å². The van der Waals surface area contributed by atoms with Gasteiger partial charge in [-0.2, -0.15) is 0 Å². The van der Waals surface area contributed by atoms with Gasteiger partial charge in [-0.25, -0.2) is 4.99 Å². The number of ether oxygens (including phenoxy) is 3. The molecule has 0 fully saturated rings. The Hall–Kier alpha value is -3.32. The van der Waals surface area contributed by atoms with Gasteiger partial charge in [0.05, 0.1) is 11.5 Å². The molecule has 0 amide bonds. The van der Waals surface area contributed by atoms with Crippen LogP contribution in [0.25, 0.3) is 11.1 Å². The lowest BCUT2D eigenvalue weighted by atomic mass is 9.80. The molecule has 1 atom stereocenters. The number of fused-ring (bicyclic) bond motifs is 4. The van der Waals surface area contributed by atoms with E-state index < -0.39 is 5.54 Å². The van der Waals surface area contributed by atoms with Gasteiger partial charge in [0.15, 0.2) is 11.3 Å². The maximum absolute atomic E-state index is 12.1. The van der Waals surface area contributed by atoms with E-state index in [4.69, 9.17) is 24.9 Å². The number of hydrogen-bond acceptors (Lipinski definition) is 7. The number of rotatable bonds is 4. The van der Waals surface area contributed by atoms with Crippen molar-refractivity contribution in [3.63, 3.8) is 0 Å². The predicted molar refractivity (Wildman–Crippen MR) is 130 cm³/mol. The number of Topliss-reactive ketones (excluding diaryl/α,β-unsaturated/α-hetero) is 1. The van der Waals surface area contributed by atoms with Crippen LogP contribution >= 0.6 is 11.3 Å². The second-order valence-corrected chi connectivity index (χ2v) is 10.6. The summed E-state index contributed by atoms with van der Waals surface area (Å²) >= 11 is 1.44. The lowest BCUT2D eigenvalue weighted by molar-refractivity contribution is 0.102. The highest BCUT2D eigenvalue weighted by Crippen LogP contribution is 2.52. The first-order valence-electron chi connectivity index (χ1n) is 10.8. The number of nitrogens with zero attached hydrogens (tertiary/aromatic N) is 1. The monoisotopic (exact) mass is 462 g/mol. The molecular formula is C26H26N2O4S. The van der Waals surface area contributed by atoms with E-state index in [2.05, 4.69) is 20.8 Å². The zero-order valence-corrected chi connectivity index (χ0v) is 19.9. The Labute approximate surface area is 197 Å². The van der Waals surface area contributed by atoms with Crippen LogP contribution in [0.3, 0.4) is 0 Å². The van der Waals surface area contributed by atoms with Crippen molar-refractivity contribution >= 4 is 23.1 Å². The van der Waals surface area contributed by atoms with Gasteiger partial charge in [-0.05, 0) is 59.7 Å². The van der Waals surface area contributed by atoms with Crippen LogP contribution < -0.4 is 15.2 Å². The number of amidine groups is 1. The van der Waals surface area contributed by atoms with Gasteiger partial charge in [0.25, 0.3) is 6.02 Å². The third-order valence-electron chi connectivity index (χ3n) is 5.74. The Kier molecular flexibility index (Phi) is 4.97. The number of hydrogen-bond donors (Lipinski definition) is 1. The molecule has 7 heteroatoms. The molecule has 2 N–H and O–H groups in total. The SMILES string of the molecule is CC(=O)c1sccc1-c1ccc2c(c1)[C@@]1(COC(N)=N1)c1cc(OCC(C)(C)C)ccc1O2. The molecule has 0 saturated heterocycles. The summed E-state index contributed by atoms with van der Waals surface area (Å²) in [4.78, 5) is 17.6. The summed E-state index contributed by atoms with van der Waals surface area (Å²) in [6.45, 7) is 8.81. The fourth-order valence-electron chi connectivity index (χ4n) is 4.20. The van der Waals surface area contributed by atoms with Gasteiger partial charge < -0.3 is 19.9 Å². The number of thiophene rings is 1. The first-order valence-corrected chi connectivity index (χ1v) is 11.7. The van der Waals surface area contributed by atoms with Crippen molar-refractivity contribution in [2.24, 2.45) is 16.1 Å². The molecule has 33 heavy (non-hydrogen) atoms. The number of aliphatic imine (C=N–C) groups is 1. The molecule has 5 rings (SSSR count). The predicted octanol–water partition coefficient (Wildman–Crippen LogP) is 5.74. The van der Waals surface area contributed by atoms with Crippen LogP contribution in [0.15, 0.2) is 52.8 Å². The van der Waals surface area contributed by atoms with Crippen molar-refractivity contribution in [1.82, 2.24) is 0 Å². The Morgan fingerprint density at radius 2 is 1.88 bits per heavy atom. The van der Waals surface area contributed by atoms with E-state index in [1.54, 1.807) is 6.92 Å². The normalized spacial score (nSPS) is 18.7. The fraction of sp³-hybridized carbons (Fsp3) is 0.308. The highest BCUT2D eigenvalue weighted by Gasteiger charge is 2.47. The van der Waals surface area contributed by atoms with Gasteiger partial charge in [0.2, 0.25) is 0 Å². The summed E-state index contributed by atoms with van der Waals surface area (Å²) in [6.07, 6.45) is 0. The van der Waals surface area contributed by atoms with Crippen LogP contribution in [0.4, 0.5) is 0 Å². The topological polar surface area (TPSA) is 83.1 Å². The van der Waals surface area contributed by atoms with E-state index in [1.807, 2.05) is 47.8 Å². The molecule has 1 spiro atoms. The standard InChI is InChI=1S/C26H26N2O4S/c1-15(29)23-18(9-10-33-23)16-5-7-21-19(11-16)26(14-31-24(27)28-26)20-12-17(6-8-22(20)32-21)30-13-25(2,3)4/h5-12H,13-14H2,1-4H3,(H2,27,28)/t26-/m0/s1. The zero-order chi connectivity index (χ0) is 23.4. The summed E-state index contributed by atoms with van der Waals surface area (Å²) in [5.41, 5.74) is 8.71. The van der Waals surface area contributed by atoms with Crippen LogP contribution in [0.2, 0.25) is 0 Å².